The highest BCUT2D eigenvalue weighted by molar-refractivity contribution is 7.99. The second-order valence-electron chi connectivity index (χ2n) is 4.80. The molecule has 0 saturated carbocycles. The Kier molecular flexibility index (Phi) is 5.84. The molecule has 0 amide bonds. The summed E-state index contributed by atoms with van der Waals surface area (Å²) in [5.41, 5.74) is 2.97. The van der Waals surface area contributed by atoms with Crippen molar-refractivity contribution in [3.8, 4) is 0 Å². The Morgan fingerprint density at radius 2 is 1.57 bits per heavy atom. The molecule has 0 bridgehead atoms. The normalized spacial score (nSPS) is 12.0. The average Bonchev–Trinajstić information content (AvgIpc) is 2.52. The Morgan fingerprint density at radius 1 is 0.952 bits per heavy atom. The van der Waals surface area contributed by atoms with Gasteiger partial charge in [-0.25, -0.2) is 0 Å². The van der Waals surface area contributed by atoms with E-state index in [2.05, 4.69) is 0 Å². The number of carboxylic acids is 1. The first-order valence-corrected chi connectivity index (χ1v) is 7.81. The molecular formula is C17H18O3S. The van der Waals surface area contributed by atoms with Crippen molar-refractivity contribution in [2.24, 2.45) is 0 Å². The molecule has 0 fully saturated rings. The predicted molar refractivity (Wildman–Crippen MR) is 85.2 cm³/mol. The molecule has 0 spiro atoms. The van der Waals surface area contributed by atoms with Gasteiger partial charge in [0.1, 0.15) is 5.25 Å². The number of aliphatic hydroxyl groups excluding tert-OH is 1. The number of carbonyl (C=O) groups is 1. The van der Waals surface area contributed by atoms with Gasteiger partial charge in [-0.05, 0) is 23.1 Å². The minimum absolute atomic E-state index is 0.0270. The molecule has 3 nitrogen and oxygen atoms in total. The highest BCUT2D eigenvalue weighted by Crippen LogP contribution is 2.22. The van der Waals surface area contributed by atoms with Crippen LogP contribution in [-0.2, 0) is 23.6 Å². The van der Waals surface area contributed by atoms with Gasteiger partial charge in [0.15, 0.2) is 0 Å². The summed E-state index contributed by atoms with van der Waals surface area (Å²) in [6.07, 6.45) is 0.523. The van der Waals surface area contributed by atoms with Crippen molar-refractivity contribution >= 4 is 17.7 Å². The van der Waals surface area contributed by atoms with Crippen LogP contribution in [0.5, 0.6) is 0 Å². The summed E-state index contributed by atoms with van der Waals surface area (Å²) in [6.45, 7) is 0.0270. The number of hydrogen-bond donors (Lipinski definition) is 2. The molecule has 0 radical (unpaired) electrons. The Morgan fingerprint density at radius 3 is 2.14 bits per heavy atom. The van der Waals surface area contributed by atoms with E-state index in [1.54, 1.807) is 0 Å². The number of hydrogen-bond acceptors (Lipinski definition) is 3. The van der Waals surface area contributed by atoms with Gasteiger partial charge >= 0.3 is 5.97 Å². The number of aliphatic hydroxyl groups is 1. The molecule has 2 aromatic rings. The van der Waals surface area contributed by atoms with Crippen LogP contribution in [0.15, 0.2) is 54.6 Å². The number of thioether (sulfide) groups is 1. The third-order valence-corrected chi connectivity index (χ3v) is 4.47. The Labute approximate surface area is 128 Å². The molecule has 110 valence electrons. The number of carboxylic acid groups (broad SMARTS) is 1. The van der Waals surface area contributed by atoms with Crippen LogP contribution in [0.1, 0.15) is 16.7 Å². The Balaban J connectivity index is 1.95. The smallest absolute Gasteiger partial charge is 0.316 e. The summed E-state index contributed by atoms with van der Waals surface area (Å²) >= 11 is 1.43. The number of rotatable bonds is 7. The zero-order valence-corrected chi connectivity index (χ0v) is 12.4. The molecule has 1 atom stereocenters. The zero-order chi connectivity index (χ0) is 15.1. The van der Waals surface area contributed by atoms with E-state index >= 15 is 0 Å². The minimum Gasteiger partial charge on any atom is -0.480 e. The van der Waals surface area contributed by atoms with Crippen LogP contribution in [0.25, 0.3) is 0 Å². The fraction of sp³-hybridized carbons (Fsp3) is 0.235. The minimum atomic E-state index is -0.782. The standard InChI is InChI=1S/C17H18O3S/c18-11-14-6-8-15(9-7-14)12-21-16(17(19)20)10-13-4-2-1-3-5-13/h1-9,16,18H,10-12H2,(H,19,20). The SMILES string of the molecule is O=C(O)C(Cc1ccccc1)SCc1ccc(CO)cc1. The average molecular weight is 302 g/mol. The van der Waals surface area contributed by atoms with Crippen LogP contribution in [0.2, 0.25) is 0 Å². The van der Waals surface area contributed by atoms with Gasteiger partial charge in [-0.15, -0.1) is 11.8 Å². The molecule has 0 aliphatic rings. The molecule has 1 unspecified atom stereocenters. The lowest BCUT2D eigenvalue weighted by molar-refractivity contribution is -0.136. The van der Waals surface area contributed by atoms with Gasteiger partial charge in [0.05, 0.1) is 6.61 Å². The van der Waals surface area contributed by atoms with Crippen LogP contribution in [0, 0.1) is 0 Å². The molecule has 21 heavy (non-hydrogen) atoms. The van der Waals surface area contributed by atoms with Gasteiger partial charge < -0.3 is 10.2 Å². The fourth-order valence-corrected chi connectivity index (χ4v) is 3.02. The van der Waals surface area contributed by atoms with Gasteiger partial charge in [0, 0.05) is 5.75 Å². The van der Waals surface area contributed by atoms with Crippen molar-refractivity contribution in [3.05, 3.63) is 71.3 Å². The van der Waals surface area contributed by atoms with E-state index in [-0.39, 0.29) is 6.61 Å². The molecule has 2 N–H and O–H groups in total. The van der Waals surface area contributed by atoms with Crippen LogP contribution >= 0.6 is 11.8 Å². The zero-order valence-electron chi connectivity index (χ0n) is 11.6. The molecule has 0 saturated heterocycles. The van der Waals surface area contributed by atoms with Crippen LogP contribution < -0.4 is 0 Å². The molecule has 0 aliphatic carbocycles. The maximum Gasteiger partial charge on any atom is 0.316 e. The van der Waals surface area contributed by atoms with Crippen molar-refractivity contribution in [1.29, 1.82) is 0 Å². The van der Waals surface area contributed by atoms with Crippen molar-refractivity contribution in [2.75, 3.05) is 0 Å². The highest BCUT2D eigenvalue weighted by atomic mass is 32.2. The summed E-state index contributed by atoms with van der Waals surface area (Å²) in [5, 5.41) is 17.9. The first-order chi connectivity index (χ1) is 10.2. The van der Waals surface area contributed by atoms with Gasteiger partial charge in [-0.3, -0.25) is 4.79 Å². The Hall–Kier alpha value is -1.78. The van der Waals surface area contributed by atoms with Crippen molar-refractivity contribution in [2.45, 2.75) is 24.0 Å². The lowest BCUT2D eigenvalue weighted by Gasteiger charge is -2.12. The second-order valence-corrected chi connectivity index (χ2v) is 5.99. The quantitative estimate of drug-likeness (QED) is 0.825. The van der Waals surface area contributed by atoms with Crippen LogP contribution in [0.3, 0.4) is 0 Å². The first kappa shape index (κ1) is 15.6. The summed E-state index contributed by atoms with van der Waals surface area (Å²) in [5.74, 6) is -0.133. The van der Waals surface area contributed by atoms with E-state index in [0.29, 0.717) is 12.2 Å². The van der Waals surface area contributed by atoms with Crippen molar-refractivity contribution < 1.29 is 15.0 Å². The molecular weight excluding hydrogens is 284 g/mol. The van der Waals surface area contributed by atoms with Crippen molar-refractivity contribution in [3.63, 3.8) is 0 Å². The van der Waals surface area contributed by atoms with E-state index < -0.39 is 11.2 Å². The van der Waals surface area contributed by atoms with E-state index in [1.807, 2.05) is 54.6 Å². The first-order valence-electron chi connectivity index (χ1n) is 6.76. The second kappa shape index (κ2) is 7.86. The monoisotopic (exact) mass is 302 g/mol. The van der Waals surface area contributed by atoms with Gasteiger partial charge in [0.25, 0.3) is 0 Å². The summed E-state index contributed by atoms with van der Waals surface area (Å²) in [4.78, 5) is 11.4. The number of benzene rings is 2. The van der Waals surface area contributed by atoms with E-state index in [1.165, 1.54) is 11.8 Å². The van der Waals surface area contributed by atoms with E-state index in [4.69, 9.17) is 5.11 Å². The topological polar surface area (TPSA) is 57.5 Å². The van der Waals surface area contributed by atoms with E-state index in [0.717, 1.165) is 16.7 Å². The molecule has 4 heteroatoms. The summed E-state index contributed by atoms with van der Waals surface area (Å²) in [6, 6.07) is 17.3. The maximum absolute atomic E-state index is 11.4. The van der Waals surface area contributed by atoms with Crippen LogP contribution in [0.4, 0.5) is 0 Å². The fourth-order valence-electron chi connectivity index (χ4n) is 1.98. The highest BCUT2D eigenvalue weighted by Gasteiger charge is 2.18. The summed E-state index contributed by atoms with van der Waals surface area (Å²) in [7, 11) is 0. The third kappa shape index (κ3) is 4.92. The molecule has 0 aromatic heterocycles. The molecule has 0 aliphatic heterocycles. The van der Waals surface area contributed by atoms with Crippen LogP contribution in [-0.4, -0.2) is 21.4 Å². The third-order valence-electron chi connectivity index (χ3n) is 3.20. The molecule has 0 heterocycles. The number of aliphatic carboxylic acids is 1. The van der Waals surface area contributed by atoms with Gasteiger partial charge in [-0.2, -0.15) is 0 Å². The summed E-state index contributed by atoms with van der Waals surface area (Å²) < 4.78 is 0. The van der Waals surface area contributed by atoms with Crippen molar-refractivity contribution in [1.82, 2.24) is 0 Å². The Bertz CT molecular complexity index is 566. The van der Waals surface area contributed by atoms with Gasteiger partial charge in [0.2, 0.25) is 0 Å². The van der Waals surface area contributed by atoms with E-state index in [9.17, 15) is 9.90 Å². The lowest BCUT2D eigenvalue weighted by Crippen LogP contribution is -2.19. The largest absolute Gasteiger partial charge is 0.480 e. The lowest BCUT2D eigenvalue weighted by atomic mass is 10.1. The molecule has 2 aromatic carbocycles. The molecule has 2 rings (SSSR count). The predicted octanol–water partition coefficient (Wildman–Crippen LogP) is 3.11. The maximum atomic E-state index is 11.4. The van der Waals surface area contributed by atoms with Gasteiger partial charge in [-0.1, -0.05) is 54.6 Å².